The molecule has 23 heavy (non-hydrogen) atoms. The van der Waals surface area contributed by atoms with Crippen LogP contribution in [0.5, 0.6) is 0 Å². The van der Waals surface area contributed by atoms with E-state index in [1.54, 1.807) is 54.0 Å². The summed E-state index contributed by atoms with van der Waals surface area (Å²) in [6.45, 7) is 0.340. The van der Waals surface area contributed by atoms with Crippen molar-refractivity contribution >= 4 is 24.3 Å². The first-order chi connectivity index (χ1) is 10.6. The Morgan fingerprint density at radius 1 is 1.00 bits per heavy atom. The molecule has 1 atom stereocenters. The second kappa shape index (κ2) is 8.89. The maximum atomic E-state index is 11.4. The highest BCUT2D eigenvalue weighted by Crippen LogP contribution is 2.14. The van der Waals surface area contributed by atoms with Gasteiger partial charge < -0.3 is 5.11 Å². The molecule has 0 unspecified atom stereocenters. The average Bonchev–Trinajstić information content (AvgIpc) is 2.55. The number of benzene rings is 2. The van der Waals surface area contributed by atoms with Crippen LogP contribution in [0.2, 0.25) is 0 Å². The number of hydroxylamine groups is 1. The van der Waals surface area contributed by atoms with Crippen LogP contribution in [0.3, 0.4) is 0 Å². The van der Waals surface area contributed by atoms with Crippen LogP contribution in [0.15, 0.2) is 54.6 Å². The number of carbonyl (C=O) groups is 2. The first kappa shape index (κ1) is 18.6. The molecule has 0 radical (unpaired) electrons. The van der Waals surface area contributed by atoms with Crippen LogP contribution in [0.1, 0.15) is 27.5 Å². The third-order valence-electron chi connectivity index (χ3n) is 3.21. The minimum atomic E-state index is -0.956. The molecule has 0 saturated heterocycles. The molecular formula is C16H17ClN2O4. The Hall–Kier alpha value is -2.41. The molecule has 0 saturated carbocycles. The number of hydrogen-bond donors (Lipinski definition) is 4. The van der Waals surface area contributed by atoms with Crippen molar-refractivity contribution in [3.63, 3.8) is 0 Å². The summed E-state index contributed by atoms with van der Waals surface area (Å²) in [5.41, 5.74) is 3.38. The molecule has 0 aromatic heterocycles. The summed E-state index contributed by atoms with van der Waals surface area (Å²) in [4.78, 5) is 22.6. The Bertz CT molecular complexity index is 647. The summed E-state index contributed by atoms with van der Waals surface area (Å²) >= 11 is 0. The van der Waals surface area contributed by atoms with Gasteiger partial charge in [-0.3, -0.25) is 20.1 Å². The second-order valence-corrected chi connectivity index (χ2v) is 4.70. The Morgan fingerprint density at radius 2 is 1.61 bits per heavy atom. The molecule has 0 fully saturated rings. The molecular weight excluding hydrogens is 320 g/mol. The highest BCUT2D eigenvalue weighted by Gasteiger charge is 2.18. The summed E-state index contributed by atoms with van der Waals surface area (Å²) < 4.78 is 0. The van der Waals surface area contributed by atoms with Crippen LogP contribution in [-0.4, -0.2) is 22.2 Å². The van der Waals surface area contributed by atoms with E-state index in [0.717, 1.165) is 5.56 Å². The molecule has 122 valence electrons. The van der Waals surface area contributed by atoms with Gasteiger partial charge in [0.05, 0.1) is 0 Å². The zero-order valence-electron chi connectivity index (χ0n) is 12.1. The lowest BCUT2D eigenvalue weighted by Gasteiger charge is -2.15. The molecule has 6 nitrogen and oxygen atoms in total. The van der Waals surface area contributed by atoms with E-state index in [-0.39, 0.29) is 12.4 Å². The van der Waals surface area contributed by atoms with Crippen molar-refractivity contribution in [2.75, 3.05) is 0 Å². The smallest absolute Gasteiger partial charge is 0.325 e. The fourth-order valence-electron chi connectivity index (χ4n) is 2.05. The van der Waals surface area contributed by atoms with E-state index in [0.29, 0.717) is 17.7 Å². The molecule has 2 rings (SSSR count). The van der Waals surface area contributed by atoms with Crippen molar-refractivity contribution in [2.24, 2.45) is 0 Å². The zero-order chi connectivity index (χ0) is 15.9. The number of aliphatic carboxylic acids is 1. The SMILES string of the molecule is Cl.O=C(NO)c1ccc(CN[C@H](C(=O)O)c2ccccc2)cc1. The monoisotopic (exact) mass is 336 g/mol. The van der Waals surface area contributed by atoms with Gasteiger partial charge in [0.2, 0.25) is 0 Å². The van der Waals surface area contributed by atoms with Gasteiger partial charge in [-0.1, -0.05) is 42.5 Å². The Kier molecular flexibility index (Phi) is 7.21. The van der Waals surface area contributed by atoms with E-state index < -0.39 is 17.9 Å². The summed E-state index contributed by atoms with van der Waals surface area (Å²) in [6.07, 6.45) is 0. The molecule has 1 amide bonds. The summed E-state index contributed by atoms with van der Waals surface area (Å²) in [5, 5.41) is 20.8. The maximum absolute atomic E-state index is 11.4. The molecule has 0 aliphatic carbocycles. The van der Waals surface area contributed by atoms with Gasteiger partial charge in [0, 0.05) is 12.1 Å². The molecule has 0 aliphatic heterocycles. The van der Waals surface area contributed by atoms with Crippen molar-refractivity contribution < 1.29 is 19.9 Å². The molecule has 0 spiro atoms. The number of carbonyl (C=O) groups excluding carboxylic acids is 1. The van der Waals surface area contributed by atoms with Crippen molar-refractivity contribution in [3.8, 4) is 0 Å². The van der Waals surface area contributed by atoms with Crippen LogP contribution < -0.4 is 10.8 Å². The molecule has 0 bridgehead atoms. The van der Waals surface area contributed by atoms with Crippen molar-refractivity contribution in [1.82, 2.24) is 10.8 Å². The molecule has 2 aromatic carbocycles. The van der Waals surface area contributed by atoms with E-state index in [2.05, 4.69) is 5.32 Å². The van der Waals surface area contributed by atoms with Gasteiger partial charge in [-0.2, -0.15) is 0 Å². The number of nitrogens with one attached hydrogen (secondary N) is 2. The third kappa shape index (κ3) is 5.07. The molecule has 4 N–H and O–H groups in total. The van der Waals surface area contributed by atoms with Gasteiger partial charge in [0.25, 0.3) is 5.91 Å². The molecule has 0 aliphatic rings. The number of hydrogen-bond acceptors (Lipinski definition) is 4. The van der Waals surface area contributed by atoms with Gasteiger partial charge in [-0.15, -0.1) is 12.4 Å². The normalized spacial score (nSPS) is 11.2. The van der Waals surface area contributed by atoms with Gasteiger partial charge in [0.1, 0.15) is 6.04 Å². The van der Waals surface area contributed by atoms with Crippen molar-refractivity contribution in [1.29, 1.82) is 0 Å². The van der Waals surface area contributed by atoms with E-state index in [4.69, 9.17) is 5.21 Å². The fraction of sp³-hybridized carbons (Fsp3) is 0.125. The second-order valence-electron chi connectivity index (χ2n) is 4.70. The van der Waals surface area contributed by atoms with Crippen LogP contribution >= 0.6 is 12.4 Å². The highest BCUT2D eigenvalue weighted by molar-refractivity contribution is 5.93. The number of amides is 1. The largest absolute Gasteiger partial charge is 0.480 e. The van der Waals surface area contributed by atoms with Crippen LogP contribution in [0.25, 0.3) is 0 Å². The standard InChI is InChI=1S/C16H16N2O4.ClH/c19-15(18-22)13-8-6-11(7-9-13)10-17-14(16(20)21)12-4-2-1-3-5-12;/h1-9,14,17,22H,10H2,(H,18,19)(H,20,21);1H/t14-;/m0./s1. The number of carboxylic acids is 1. The van der Waals surface area contributed by atoms with E-state index in [9.17, 15) is 14.7 Å². The lowest BCUT2D eigenvalue weighted by molar-refractivity contribution is -0.139. The van der Waals surface area contributed by atoms with Crippen molar-refractivity contribution in [2.45, 2.75) is 12.6 Å². The topological polar surface area (TPSA) is 98.7 Å². The predicted molar refractivity (Wildman–Crippen MR) is 86.6 cm³/mol. The number of carboxylic acid groups (broad SMARTS) is 1. The van der Waals surface area contributed by atoms with Crippen LogP contribution in [-0.2, 0) is 11.3 Å². The lowest BCUT2D eigenvalue weighted by Crippen LogP contribution is -2.28. The fourth-order valence-corrected chi connectivity index (χ4v) is 2.05. The van der Waals surface area contributed by atoms with Gasteiger partial charge in [-0.25, -0.2) is 5.48 Å². The molecule has 7 heteroatoms. The Morgan fingerprint density at radius 3 is 2.13 bits per heavy atom. The number of halogens is 1. The average molecular weight is 337 g/mol. The molecule has 2 aromatic rings. The van der Waals surface area contributed by atoms with E-state index in [1.807, 2.05) is 6.07 Å². The minimum Gasteiger partial charge on any atom is -0.480 e. The van der Waals surface area contributed by atoms with E-state index >= 15 is 0 Å². The van der Waals surface area contributed by atoms with Crippen LogP contribution in [0, 0.1) is 0 Å². The lowest BCUT2D eigenvalue weighted by atomic mass is 10.1. The minimum absolute atomic E-state index is 0. The maximum Gasteiger partial charge on any atom is 0.325 e. The van der Waals surface area contributed by atoms with Crippen LogP contribution in [0.4, 0.5) is 0 Å². The number of rotatable bonds is 6. The Labute approximate surface area is 139 Å². The zero-order valence-corrected chi connectivity index (χ0v) is 12.9. The quantitative estimate of drug-likeness (QED) is 0.478. The summed E-state index contributed by atoms with van der Waals surface area (Å²) in [6, 6.07) is 14.6. The first-order valence-electron chi connectivity index (χ1n) is 6.66. The predicted octanol–water partition coefficient (Wildman–Crippen LogP) is 2.14. The van der Waals surface area contributed by atoms with Gasteiger partial charge >= 0.3 is 5.97 Å². The Balaban J connectivity index is 0.00000264. The van der Waals surface area contributed by atoms with E-state index in [1.165, 1.54) is 0 Å². The molecule has 0 heterocycles. The van der Waals surface area contributed by atoms with Gasteiger partial charge in [0.15, 0.2) is 0 Å². The highest BCUT2D eigenvalue weighted by atomic mass is 35.5. The first-order valence-corrected chi connectivity index (χ1v) is 6.66. The summed E-state index contributed by atoms with van der Waals surface area (Å²) in [5.74, 6) is -1.55. The van der Waals surface area contributed by atoms with Gasteiger partial charge in [-0.05, 0) is 23.3 Å². The van der Waals surface area contributed by atoms with Crippen molar-refractivity contribution in [3.05, 3.63) is 71.3 Å². The summed E-state index contributed by atoms with van der Waals surface area (Å²) in [7, 11) is 0. The third-order valence-corrected chi connectivity index (χ3v) is 3.21.